The highest BCUT2D eigenvalue weighted by Gasteiger charge is 2.21. The molecule has 1 aliphatic rings. The van der Waals surface area contributed by atoms with Crippen LogP contribution in [0.5, 0.6) is 5.75 Å². The molecule has 34 heavy (non-hydrogen) atoms. The molecule has 1 aromatic carbocycles. The number of nitriles is 1. The van der Waals surface area contributed by atoms with Crippen LogP contribution in [0.25, 0.3) is 22.4 Å². The van der Waals surface area contributed by atoms with Crippen LogP contribution < -0.4 is 10.1 Å². The molecule has 4 aromatic heterocycles. The van der Waals surface area contributed by atoms with E-state index < -0.39 is 0 Å². The molecule has 6 rings (SSSR count). The lowest BCUT2D eigenvalue weighted by Gasteiger charge is -2.13. The van der Waals surface area contributed by atoms with Gasteiger partial charge in [0.25, 0.3) is 0 Å². The molecule has 0 bridgehead atoms. The molecule has 0 amide bonds. The maximum atomic E-state index is 14.5. The van der Waals surface area contributed by atoms with Gasteiger partial charge in [-0.15, -0.1) is 10.2 Å². The van der Waals surface area contributed by atoms with E-state index in [1.807, 2.05) is 23.5 Å². The van der Waals surface area contributed by atoms with Crippen molar-refractivity contribution in [1.82, 2.24) is 29.0 Å². The lowest BCUT2D eigenvalue weighted by Crippen LogP contribution is -2.10. The van der Waals surface area contributed by atoms with Gasteiger partial charge in [-0.25, -0.2) is 14.4 Å². The Kier molecular flexibility index (Phi) is 4.62. The highest BCUT2D eigenvalue weighted by atomic mass is 19.1. The van der Waals surface area contributed by atoms with E-state index in [4.69, 9.17) is 10.00 Å². The van der Waals surface area contributed by atoms with Gasteiger partial charge in [0.1, 0.15) is 23.5 Å². The summed E-state index contributed by atoms with van der Waals surface area (Å²) in [6.07, 6.45) is 5.94. The van der Waals surface area contributed by atoms with Crippen molar-refractivity contribution in [3.63, 3.8) is 0 Å². The predicted molar refractivity (Wildman–Crippen MR) is 122 cm³/mol. The molecule has 0 spiro atoms. The van der Waals surface area contributed by atoms with Gasteiger partial charge < -0.3 is 10.1 Å². The number of halogens is 1. The molecule has 1 N–H and O–H groups in total. The fourth-order valence-corrected chi connectivity index (χ4v) is 4.55. The summed E-state index contributed by atoms with van der Waals surface area (Å²) in [5, 5.41) is 20.8. The van der Waals surface area contributed by atoms with Gasteiger partial charge in [0.2, 0.25) is 5.95 Å². The van der Waals surface area contributed by atoms with Crippen molar-refractivity contribution in [1.29, 1.82) is 5.26 Å². The monoisotopic (exact) mass is 454 g/mol. The second kappa shape index (κ2) is 7.81. The van der Waals surface area contributed by atoms with Crippen LogP contribution in [0.15, 0.2) is 43.0 Å². The van der Waals surface area contributed by atoms with E-state index in [-0.39, 0.29) is 18.8 Å². The Labute approximate surface area is 193 Å². The molecule has 0 radical (unpaired) electrons. The van der Waals surface area contributed by atoms with E-state index in [0.717, 1.165) is 39.5 Å². The number of ether oxygens (including phenoxy) is 1. The molecule has 5 aromatic rings. The average Bonchev–Trinajstić information content (AvgIpc) is 3.59. The fraction of sp³-hybridized carbons (Fsp3) is 0.208. The number of fused-ring (bicyclic) bond motifs is 3. The molecule has 5 heterocycles. The number of nitrogens with one attached hydrogen (secondary N) is 1. The maximum Gasteiger partial charge on any atom is 0.210 e. The van der Waals surface area contributed by atoms with Crippen molar-refractivity contribution in [2.45, 2.75) is 26.3 Å². The zero-order valence-corrected chi connectivity index (χ0v) is 18.3. The minimum absolute atomic E-state index is 0.255. The number of nitrogens with zero attached hydrogens (tertiary/aromatic N) is 7. The summed E-state index contributed by atoms with van der Waals surface area (Å²) in [5.41, 5.74) is 6.16. The van der Waals surface area contributed by atoms with Gasteiger partial charge in [-0.05, 0) is 31.2 Å². The molecule has 0 unspecified atom stereocenters. The normalized spacial score (nSPS) is 12.6. The van der Waals surface area contributed by atoms with Gasteiger partial charge in [-0.3, -0.25) is 8.80 Å². The number of rotatable bonds is 5. The van der Waals surface area contributed by atoms with E-state index >= 15 is 0 Å². The summed E-state index contributed by atoms with van der Waals surface area (Å²) in [4.78, 5) is 9.16. The zero-order valence-electron chi connectivity index (χ0n) is 18.3. The van der Waals surface area contributed by atoms with Crippen LogP contribution in [0.2, 0.25) is 0 Å². The number of hydrogen-bond donors (Lipinski definition) is 1. The van der Waals surface area contributed by atoms with Crippen LogP contribution in [0.1, 0.15) is 22.5 Å². The number of aryl methyl sites for hydroxylation is 1. The minimum Gasteiger partial charge on any atom is -0.493 e. The second-order valence-electron chi connectivity index (χ2n) is 8.11. The number of aromatic nitrogens is 6. The number of pyridine rings is 1. The third-order valence-corrected chi connectivity index (χ3v) is 6.17. The summed E-state index contributed by atoms with van der Waals surface area (Å²) < 4.78 is 23.8. The first-order valence-corrected chi connectivity index (χ1v) is 10.8. The predicted octanol–water partition coefficient (Wildman–Crippen LogP) is 3.50. The average molecular weight is 454 g/mol. The van der Waals surface area contributed by atoms with Crippen LogP contribution in [-0.2, 0) is 19.4 Å². The third kappa shape index (κ3) is 3.05. The summed E-state index contributed by atoms with van der Waals surface area (Å²) in [7, 11) is 0. The van der Waals surface area contributed by atoms with Gasteiger partial charge in [-0.2, -0.15) is 5.26 Å². The van der Waals surface area contributed by atoms with Gasteiger partial charge in [0.15, 0.2) is 5.65 Å². The Morgan fingerprint density at radius 1 is 1.15 bits per heavy atom. The summed E-state index contributed by atoms with van der Waals surface area (Å²) >= 11 is 0. The largest absolute Gasteiger partial charge is 0.493 e. The summed E-state index contributed by atoms with van der Waals surface area (Å²) in [5.74, 6) is 0.953. The molecular weight excluding hydrogens is 435 g/mol. The van der Waals surface area contributed by atoms with Crippen molar-refractivity contribution >= 4 is 17.2 Å². The van der Waals surface area contributed by atoms with Crippen molar-refractivity contribution in [3.8, 4) is 22.9 Å². The molecule has 9 nitrogen and oxygen atoms in total. The summed E-state index contributed by atoms with van der Waals surface area (Å²) in [6, 6.07) is 9.23. The molecular formula is C24H19FN8O. The van der Waals surface area contributed by atoms with Crippen molar-refractivity contribution in [2.24, 2.45) is 0 Å². The van der Waals surface area contributed by atoms with Crippen LogP contribution >= 0.6 is 0 Å². The quantitative estimate of drug-likeness (QED) is 0.433. The highest BCUT2D eigenvalue weighted by molar-refractivity contribution is 5.86. The van der Waals surface area contributed by atoms with Gasteiger partial charge >= 0.3 is 0 Å². The van der Waals surface area contributed by atoms with Gasteiger partial charge in [-0.1, -0.05) is 0 Å². The molecule has 168 valence electrons. The Morgan fingerprint density at radius 3 is 2.94 bits per heavy atom. The minimum atomic E-state index is -0.275. The number of imidazole rings is 1. The first-order valence-electron chi connectivity index (χ1n) is 10.8. The molecule has 1 aliphatic heterocycles. The first-order chi connectivity index (χ1) is 16.7. The lowest BCUT2D eigenvalue weighted by molar-refractivity contribution is 0.356. The number of hydrogen-bond acceptors (Lipinski definition) is 7. The van der Waals surface area contributed by atoms with Crippen molar-refractivity contribution < 1.29 is 9.13 Å². The molecule has 0 atom stereocenters. The SMILES string of the molecule is Cc1ccc(-c2cnc(NCc3c(F)ccc4c3CCO4)n3cnnc23)c2ncc(CC#N)n12. The van der Waals surface area contributed by atoms with Gasteiger partial charge in [0, 0.05) is 47.1 Å². The Balaban J connectivity index is 1.40. The van der Waals surface area contributed by atoms with E-state index in [1.54, 1.807) is 29.2 Å². The third-order valence-electron chi connectivity index (χ3n) is 6.17. The fourth-order valence-electron chi connectivity index (χ4n) is 4.55. The Morgan fingerprint density at radius 2 is 2.06 bits per heavy atom. The van der Waals surface area contributed by atoms with Crippen molar-refractivity contribution in [2.75, 3.05) is 11.9 Å². The Hall–Kier alpha value is -4.52. The van der Waals surface area contributed by atoms with E-state index in [1.165, 1.54) is 6.07 Å². The van der Waals surface area contributed by atoms with E-state index in [0.29, 0.717) is 30.2 Å². The Bertz CT molecular complexity index is 1610. The molecule has 0 saturated heterocycles. The van der Waals surface area contributed by atoms with Crippen LogP contribution in [0.4, 0.5) is 10.3 Å². The molecule has 0 fully saturated rings. The lowest BCUT2D eigenvalue weighted by atomic mass is 10.0. The number of benzene rings is 1. The molecule has 10 heteroatoms. The first kappa shape index (κ1) is 20.1. The van der Waals surface area contributed by atoms with E-state index in [9.17, 15) is 4.39 Å². The summed E-state index contributed by atoms with van der Waals surface area (Å²) in [6.45, 7) is 2.79. The molecule has 0 saturated carbocycles. The van der Waals surface area contributed by atoms with Crippen LogP contribution in [-0.4, -0.2) is 35.6 Å². The highest BCUT2D eigenvalue weighted by Crippen LogP contribution is 2.32. The van der Waals surface area contributed by atoms with E-state index in [2.05, 4.69) is 31.6 Å². The topological polar surface area (TPSA) is 105 Å². The molecule has 0 aliphatic carbocycles. The number of anilines is 1. The zero-order chi connectivity index (χ0) is 23.2. The van der Waals surface area contributed by atoms with Crippen LogP contribution in [0, 0.1) is 24.1 Å². The second-order valence-corrected chi connectivity index (χ2v) is 8.11. The van der Waals surface area contributed by atoms with Crippen molar-refractivity contribution in [3.05, 3.63) is 71.3 Å². The van der Waals surface area contributed by atoms with Crippen LogP contribution in [0.3, 0.4) is 0 Å². The smallest absolute Gasteiger partial charge is 0.210 e. The van der Waals surface area contributed by atoms with Gasteiger partial charge in [0.05, 0.1) is 31.0 Å². The standard InChI is InChI=1S/C24H19FN8O/c1-14-2-3-17(22-27-10-15(6-8-26)33(14)22)19-12-29-24(32-13-30-31-23(19)32)28-11-18-16-7-9-34-21(16)5-4-20(18)25/h2-5,10,12-13H,6-7,9,11H2,1H3,(H,28,29). The maximum absolute atomic E-state index is 14.5.